The van der Waals surface area contributed by atoms with Crippen LogP contribution in [0, 0.1) is 17.3 Å². The lowest BCUT2D eigenvalue weighted by Crippen LogP contribution is -2.45. The number of sulfone groups is 1. The molecule has 0 bridgehead atoms. The van der Waals surface area contributed by atoms with Crippen LogP contribution in [0.4, 0.5) is 0 Å². The van der Waals surface area contributed by atoms with Crippen molar-refractivity contribution < 1.29 is 23.1 Å². The molecule has 1 saturated carbocycles. The molecule has 0 aromatic heterocycles. The van der Waals surface area contributed by atoms with Crippen LogP contribution in [0.2, 0.25) is 0 Å². The summed E-state index contributed by atoms with van der Waals surface area (Å²) in [6.07, 6.45) is 0. The van der Waals surface area contributed by atoms with E-state index >= 15 is 0 Å². The molecule has 2 rings (SSSR count). The summed E-state index contributed by atoms with van der Waals surface area (Å²) in [5.74, 6) is -2.39. The molecule has 2 fully saturated rings. The van der Waals surface area contributed by atoms with Crippen LogP contribution in [-0.2, 0) is 19.4 Å². The molecule has 0 aromatic carbocycles. The van der Waals surface area contributed by atoms with Gasteiger partial charge in [0.25, 0.3) is 0 Å². The molecule has 1 amide bonds. The molecule has 102 valence electrons. The molecule has 0 radical (unpaired) electrons. The first-order valence-electron chi connectivity index (χ1n) is 5.89. The van der Waals surface area contributed by atoms with Gasteiger partial charge in [-0.2, -0.15) is 0 Å². The first kappa shape index (κ1) is 13.3. The van der Waals surface area contributed by atoms with Crippen LogP contribution in [0.25, 0.3) is 0 Å². The quantitative estimate of drug-likeness (QED) is 0.740. The molecule has 0 unspecified atom stereocenters. The Morgan fingerprint density at radius 3 is 2.06 bits per heavy atom. The molecule has 6 nitrogen and oxygen atoms in total. The zero-order valence-corrected chi connectivity index (χ0v) is 11.2. The second kappa shape index (κ2) is 3.94. The van der Waals surface area contributed by atoms with Crippen molar-refractivity contribution in [1.82, 2.24) is 4.90 Å². The highest BCUT2D eigenvalue weighted by Gasteiger charge is 2.66. The minimum absolute atomic E-state index is 0.0242. The highest BCUT2D eigenvalue weighted by molar-refractivity contribution is 7.91. The Balaban J connectivity index is 2.04. The van der Waals surface area contributed by atoms with Gasteiger partial charge in [0.05, 0.1) is 23.3 Å². The summed E-state index contributed by atoms with van der Waals surface area (Å²) >= 11 is 0. The first-order chi connectivity index (χ1) is 8.17. The molecule has 18 heavy (non-hydrogen) atoms. The van der Waals surface area contributed by atoms with Crippen molar-refractivity contribution in [3.8, 4) is 0 Å². The summed E-state index contributed by atoms with van der Waals surface area (Å²) in [6.45, 7) is 3.88. The number of carboxylic acid groups (broad SMARTS) is 1. The van der Waals surface area contributed by atoms with Gasteiger partial charge in [-0.1, -0.05) is 13.8 Å². The third-order valence-electron chi connectivity index (χ3n) is 4.02. The molecule has 2 atom stereocenters. The van der Waals surface area contributed by atoms with Crippen molar-refractivity contribution in [2.75, 3.05) is 24.6 Å². The predicted molar refractivity (Wildman–Crippen MR) is 63.6 cm³/mol. The van der Waals surface area contributed by atoms with Crippen molar-refractivity contribution in [2.45, 2.75) is 13.8 Å². The van der Waals surface area contributed by atoms with Gasteiger partial charge in [0.2, 0.25) is 5.91 Å². The summed E-state index contributed by atoms with van der Waals surface area (Å²) in [5, 5.41) is 9.02. The minimum atomic E-state index is -3.02. The van der Waals surface area contributed by atoms with Gasteiger partial charge < -0.3 is 10.0 Å². The van der Waals surface area contributed by atoms with Crippen molar-refractivity contribution in [3.05, 3.63) is 0 Å². The second-order valence-electron chi connectivity index (χ2n) is 5.59. The monoisotopic (exact) mass is 275 g/mol. The average Bonchev–Trinajstić information content (AvgIpc) is 2.80. The van der Waals surface area contributed by atoms with Crippen molar-refractivity contribution in [2.24, 2.45) is 17.3 Å². The third kappa shape index (κ3) is 2.11. The van der Waals surface area contributed by atoms with Crippen LogP contribution in [-0.4, -0.2) is 54.9 Å². The zero-order valence-electron chi connectivity index (χ0n) is 10.4. The van der Waals surface area contributed by atoms with Gasteiger partial charge in [-0.3, -0.25) is 9.59 Å². The van der Waals surface area contributed by atoms with Crippen molar-refractivity contribution in [1.29, 1.82) is 0 Å². The van der Waals surface area contributed by atoms with E-state index in [4.69, 9.17) is 5.11 Å². The molecule has 7 heteroatoms. The summed E-state index contributed by atoms with van der Waals surface area (Å²) in [5.41, 5.74) is -0.529. The molecule has 1 N–H and O–H groups in total. The fourth-order valence-corrected chi connectivity index (χ4v) is 3.89. The molecule has 1 aliphatic heterocycles. The van der Waals surface area contributed by atoms with Crippen LogP contribution in [0.1, 0.15) is 13.8 Å². The third-order valence-corrected chi connectivity index (χ3v) is 5.62. The lowest BCUT2D eigenvalue weighted by atomic mass is 10.1. The second-order valence-corrected chi connectivity index (χ2v) is 7.90. The lowest BCUT2D eigenvalue weighted by Gasteiger charge is -2.27. The molecular formula is C11H17NO5S. The smallest absolute Gasteiger partial charge is 0.307 e. The normalized spacial score (nSPS) is 32.9. The number of amides is 1. The van der Waals surface area contributed by atoms with Gasteiger partial charge in [-0.15, -0.1) is 0 Å². The Kier molecular flexibility index (Phi) is 2.92. The van der Waals surface area contributed by atoms with Crippen molar-refractivity contribution in [3.63, 3.8) is 0 Å². The maximum absolute atomic E-state index is 12.2. The number of hydrogen-bond acceptors (Lipinski definition) is 4. The summed E-state index contributed by atoms with van der Waals surface area (Å²) < 4.78 is 22.5. The number of nitrogens with zero attached hydrogens (tertiary/aromatic N) is 1. The molecule has 2 aliphatic rings. The highest BCUT2D eigenvalue weighted by Crippen LogP contribution is 2.59. The van der Waals surface area contributed by atoms with E-state index in [-0.39, 0.29) is 30.5 Å². The average molecular weight is 275 g/mol. The number of aliphatic carboxylic acids is 1. The molecule has 1 saturated heterocycles. The van der Waals surface area contributed by atoms with Crippen LogP contribution in [0.15, 0.2) is 0 Å². The topological polar surface area (TPSA) is 91.8 Å². The SMILES string of the molecule is CC1(C)[C@H](C(=O)O)[C@@H]1C(=O)N1CCS(=O)(=O)CC1. The number of carbonyl (C=O) groups is 2. The zero-order chi connectivity index (χ0) is 13.7. The van der Waals surface area contributed by atoms with E-state index in [1.54, 1.807) is 13.8 Å². The van der Waals surface area contributed by atoms with Gasteiger partial charge in [-0.05, 0) is 5.41 Å². The maximum atomic E-state index is 12.2. The molecule has 0 aromatic rings. The Hall–Kier alpha value is -1.11. The highest BCUT2D eigenvalue weighted by atomic mass is 32.2. The fraction of sp³-hybridized carbons (Fsp3) is 0.818. The fourth-order valence-electron chi connectivity index (χ4n) is 2.69. The van der Waals surface area contributed by atoms with E-state index < -0.39 is 33.1 Å². The van der Waals surface area contributed by atoms with Gasteiger partial charge in [0.1, 0.15) is 0 Å². The molecule has 0 spiro atoms. The van der Waals surface area contributed by atoms with E-state index in [2.05, 4.69) is 0 Å². The Bertz CT molecular complexity index is 482. The molecular weight excluding hydrogens is 258 g/mol. The van der Waals surface area contributed by atoms with E-state index in [0.717, 1.165) is 0 Å². The Morgan fingerprint density at radius 1 is 1.17 bits per heavy atom. The number of carboxylic acids is 1. The van der Waals surface area contributed by atoms with Gasteiger partial charge >= 0.3 is 5.97 Å². The van der Waals surface area contributed by atoms with Crippen LogP contribution in [0.3, 0.4) is 0 Å². The number of carbonyl (C=O) groups excluding carboxylic acids is 1. The van der Waals surface area contributed by atoms with E-state index in [9.17, 15) is 18.0 Å². The molecule has 1 aliphatic carbocycles. The molecule has 1 heterocycles. The van der Waals surface area contributed by atoms with Crippen molar-refractivity contribution >= 4 is 21.7 Å². The minimum Gasteiger partial charge on any atom is -0.481 e. The predicted octanol–water partition coefficient (Wildman–Crippen LogP) is -0.400. The Labute approximate surface area is 106 Å². The summed E-state index contributed by atoms with van der Waals surface area (Å²) in [4.78, 5) is 24.7. The van der Waals surface area contributed by atoms with E-state index in [1.807, 2.05) is 0 Å². The standard InChI is InChI=1S/C11H17NO5S/c1-11(2)7(8(11)10(14)15)9(13)12-3-5-18(16,17)6-4-12/h7-8H,3-6H2,1-2H3,(H,14,15)/t7-,8+/m1/s1. The number of hydrogen-bond donors (Lipinski definition) is 1. The van der Waals surface area contributed by atoms with E-state index in [1.165, 1.54) is 4.90 Å². The maximum Gasteiger partial charge on any atom is 0.307 e. The van der Waals surface area contributed by atoms with Gasteiger partial charge in [0, 0.05) is 13.1 Å². The van der Waals surface area contributed by atoms with Crippen LogP contribution in [0.5, 0.6) is 0 Å². The van der Waals surface area contributed by atoms with E-state index in [0.29, 0.717) is 0 Å². The van der Waals surface area contributed by atoms with Crippen LogP contribution >= 0.6 is 0 Å². The van der Waals surface area contributed by atoms with Crippen LogP contribution < -0.4 is 0 Å². The van der Waals surface area contributed by atoms with Gasteiger partial charge in [0.15, 0.2) is 9.84 Å². The Morgan fingerprint density at radius 2 is 1.67 bits per heavy atom. The summed E-state index contributed by atoms with van der Waals surface area (Å²) in [6, 6.07) is 0. The number of rotatable bonds is 2. The van der Waals surface area contributed by atoms with Gasteiger partial charge in [-0.25, -0.2) is 8.42 Å². The lowest BCUT2D eigenvalue weighted by molar-refractivity contribution is -0.142. The first-order valence-corrected chi connectivity index (χ1v) is 7.71. The largest absolute Gasteiger partial charge is 0.481 e. The summed E-state index contributed by atoms with van der Waals surface area (Å²) in [7, 11) is -3.02.